The van der Waals surface area contributed by atoms with Crippen molar-refractivity contribution in [3.05, 3.63) is 0 Å². The Morgan fingerprint density at radius 1 is 1.41 bits per heavy atom. The molecule has 17 heavy (non-hydrogen) atoms. The number of nitrogens with one attached hydrogen (secondary N) is 1. The summed E-state index contributed by atoms with van der Waals surface area (Å²) in [5.74, 6) is 0.371. The zero-order valence-corrected chi connectivity index (χ0v) is 10.7. The molecule has 4 nitrogen and oxygen atoms in total. The van der Waals surface area contributed by atoms with Crippen molar-refractivity contribution in [2.75, 3.05) is 13.2 Å². The van der Waals surface area contributed by atoms with Gasteiger partial charge in [-0.1, -0.05) is 26.2 Å². The molecule has 0 bridgehead atoms. The molecule has 0 aromatic heterocycles. The van der Waals surface area contributed by atoms with E-state index in [1.807, 2.05) is 0 Å². The van der Waals surface area contributed by atoms with E-state index in [0.29, 0.717) is 19.1 Å². The van der Waals surface area contributed by atoms with Gasteiger partial charge in [-0.05, 0) is 25.2 Å². The van der Waals surface area contributed by atoms with Gasteiger partial charge >= 0.3 is 0 Å². The van der Waals surface area contributed by atoms with Crippen molar-refractivity contribution >= 4 is 5.91 Å². The first kappa shape index (κ1) is 12.8. The number of rotatable bonds is 3. The van der Waals surface area contributed by atoms with Gasteiger partial charge in [0.15, 0.2) is 0 Å². The maximum atomic E-state index is 12.2. The molecule has 3 N–H and O–H groups in total. The molecule has 2 fully saturated rings. The summed E-state index contributed by atoms with van der Waals surface area (Å²) in [5.41, 5.74) is 5.70. The van der Waals surface area contributed by atoms with Crippen molar-refractivity contribution < 1.29 is 9.53 Å². The van der Waals surface area contributed by atoms with Crippen LogP contribution in [-0.4, -0.2) is 30.7 Å². The minimum Gasteiger partial charge on any atom is -0.368 e. The van der Waals surface area contributed by atoms with E-state index in [4.69, 9.17) is 10.5 Å². The molecule has 0 aromatic carbocycles. The lowest BCUT2D eigenvalue weighted by atomic mass is 9.81. The molecule has 98 valence electrons. The molecular weight excluding hydrogens is 216 g/mol. The Kier molecular flexibility index (Phi) is 4.05. The van der Waals surface area contributed by atoms with Crippen LogP contribution < -0.4 is 11.1 Å². The van der Waals surface area contributed by atoms with E-state index < -0.39 is 0 Å². The zero-order chi connectivity index (χ0) is 12.3. The van der Waals surface area contributed by atoms with Crippen LogP contribution in [0.3, 0.4) is 0 Å². The average molecular weight is 240 g/mol. The van der Waals surface area contributed by atoms with E-state index >= 15 is 0 Å². The van der Waals surface area contributed by atoms with Crippen molar-refractivity contribution in [1.29, 1.82) is 0 Å². The standard InChI is InChI=1S/C13H24N2O2/c1-10-5-8-17-11(10)12(16)15-13(9-14)6-3-2-4-7-13/h10-11H,2-9,14H2,1H3,(H,15,16). The number of hydrogen-bond donors (Lipinski definition) is 2. The smallest absolute Gasteiger partial charge is 0.249 e. The van der Waals surface area contributed by atoms with E-state index in [0.717, 1.165) is 19.3 Å². The highest BCUT2D eigenvalue weighted by molar-refractivity contribution is 5.82. The second kappa shape index (κ2) is 5.36. The number of nitrogens with two attached hydrogens (primary N) is 1. The van der Waals surface area contributed by atoms with Crippen LogP contribution in [0.2, 0.25) is 0 Å². The van der Waals surface area contributed by atoms with Crippen LogP contribution in [0.5, 0.6) is 0 Å². The molecule has 1 aliphatic heterocycles. The molecular formula is C13H24N2O2. The van der Waals surface area contributed by atoms with Crippen molar-refractivity contribution in [3.63, 3.8) is 0 Å². The Balaban J connectivity index is 1.95. The fourth-order valence-corrected chi connectivity index (χ4v) is 2.97. The van der Waals surface area contributed by atoms with Crippen molar-refractivity contribution in [2.45, 2.75) is 57.1 Å². The Morgan fingerprint density at radius 2 is 2.12 bits per heavy atom. The summed E-state index contributed by atoms with van der Waals surface area (Å²) in [6.45, 7) is 3.32. The predicted octanol–water partition coefficient (Wildman–Crippen LogP) is 1.19. The van der Waals surface area contributed by atoms with Gasteiger partial charge in [0.2, 0.25) is 5.91 Å². The number of carbonyl (C=O) groups is 1. The normalized spacial score (nSPS) is 32.4. The van der Waals surface area contributed by atoms with Gasteiger partial charge < -0.3 is 15.8 Å². The molecule has 0 spiro atoms. The molecule has 4 heteroatoms. The van der Waals surface area contributed by atoms with Gasteiger partial charge in [-0.25, -0.2) is 0 Å². The minimum absolute atomic E-state index is 0.0438. The van der Waals surface area contributed by atoms with Gasteiger partial charge in [0, 0.05) is 13.2 Å². The molecule has 2 rings (SSSR count). The zero-order valence-electron chi connectivity index (χ0n) is 10.7. The first-order valence-corrected chi connectivity index (χ1v) is 6.81. The van der Waals surface area contributed by atoms with Gasteiger partial charge in [-0.3, -0.25) is 4.79 Å². The summed E-state index contributed by atoms with van der Waals surface area (Å²) < 4.78 is 5.51. The third kappa shape index (κ3) is 2.80. The summed E-state index contributed by atoms with van der Waals surface area (Å²) in [4.78, 5) is 12.2. The molecule has 2 atom stereocenters. The highest BCUT2D eigenvalue weighted by atomic mass is 16.5. The van der Waals surface area contributed by atoms with Gasteiger partial charge in [0.1, 0.15) is 6.10 Å². The molecule has 1 heterocycles. The van der Waals surface area contributed by atoms with Crippen LogP contribution in [0.4, 0.5) is 0 Å². The molecule has 1 amide bonds. The number of carbonyl (C=O) groups excluding carboxylic acids is 1. The fourth-order valence-electron chi connectivity index (χ4n) is 2.97. The first-order valence-electron chi connectivity index (χ1n) is 6.81. The molecule has 1 aliphatic carbocycles. The van der Waals surface area contributed by atoms with Crippen LogP contribution >= 0.6 is 0 Å². The maximum absolute atomic E-state index is 12.2. The van der Waals surface area contributed by atoms with E-state index in [-0.39, 0.29) is 17.6 Å². The van der Waals surface area contributed by atoms with Gasteiger partial charge in [-0.2, -0.15) is 0 Å². The van der Waals surface area contributed by atoms with Crippen molar-refractivity contribution in [3.8, 4) is 0 Å². The Bertz CT molecular complexity index is 275. The summed E-state index contributed by atoms with van der Waals surface area (Å²) in [6.07, 6.45) is 6.33. The quantitative estimate of drug-likeness (QED) is 0.779. The number of amides is 1. The molecule has 0 aromatic rings. The van der Waals surface area contributed by atoms with E-state index in [1.165, 1.54) is 19.3 Å². The van der Waals surface area contributed by atoms with Crippen LogP contribution in [-0.2, 0) is 9.53 Å². The fraction of sp³-hybridized carbons (Fsp3) is 0.923. The lowest BCUT2D eigenvalue weighted by Gasteiger charge is -2.38. The van der Waals surface area contributed by atoms with Crippen LogP contribution in [0.1, 0.15) is 45.4 Å². The molecule has 2 unspecified atom stereocenters. The summed E-state index contributed by atoms with van der Waals surface area (Å²) in [6, 6.07) is 0. The van der Waals surface area contributed by atoms with Crippen molar-refractivity contribution in [2.24, 2.45) is 11.7 Å². The van der Waals surface area contributed by atoms with Gasteiger partial charge in [-0.15, -0.1) is 0 Å². The maximum Gasteiger partial charge on any atom is 0.249 e. The number of ether oxygens (including phenoxy) is 1. The second-order valence-corrected chi connectivity index (χ2v) is 5.59. The number of hydrogen-bond acceptors (Lipinski definition) is 3. The van der Waals surface area contributed by atoms with E-state index in [1.54, 1.807) is 0 Å². The third-order valence-corrected chi connectivity index (χ3v) is 4.24. The van der Waals surface area contributed by atoms with Crippen molar-refractivity contribution in [1.82, 2.24) is 5.32 Å². The lowest BCUT2D eigenvalue weighted by molar-refractivity contribution is -0.133. The van der Waals surface area contributed by atoms with E-state index in [2.05, 4.69) is 12.2 Å². The molecule has 0 radical (unpaired) electrons. The SMILES string of the molecule is CC1CCOC1C(=O)NC1(CN)CCCCC1. The summed E-state index contributed by atoms with van der Waals surface area (Å²) >= 11 is 0. The Hall–Kier alpha value is -0.610. The van der Waals surface area contributed by atoms with Gasteiger partial charge in [0.05, 0.1) is 5.54 Å². The predicted molar refractivity (Wildman–Crippen MR) is 66.5 cm³/mol. The third-order valence-electron chi connectivity index (χ3n) is 4.24. The summed E-state index contributed by atoms with van der Waals surface area (Å²) in [5, 5.41) is 3.17. The molecule has 1 saturated carbocycles. The topological polar surface area (TPSA) is 64.3 Å². The highest BCUT2D eigenvalue weighted by Crippen LogP contribution is 2.28. The Labute approximate surface area is 103 Å². The van der Waals surface area contributed by atoms with Crippen LogP contribution in [0.25, 0.3) is 0 Å². The van der Waals surface area contributed by atoms with Gasteiger partial charge in [0.25, 0.3) is 0 Å². The minimum atomic E-state index is -0.264. The monoisotopic (exact) mass is 240 g/mol. The van der Waals surface area contributed by atoms with Crippen LogP contribution in [0, 0.1) is 5.92 Å². The highest BCUT2D eigenvalue weighted by Gasteiger charge is 2.37. The van der Waals surface area contributed by atoms with Crippen LogP contribution in [0.15, 0.2) is 0 Å². The second-order valence-electron chi connectivity index (χ2n) is 5.59. The largest absolute Gasteiger partial charge is 0.368 e. The molecule has 1 saturated heterocycles. The summed E-state index contributed by atoms with van der Waals surface area (Å²) in [7, 11) is 0. The molecule has 2 aliphatic rings. The lowest BCUT2D eigenvalue weighted by Crippen LogP contribution is -2.57. The first-order chi connectivity index (χ1) is 8.17. The average Bonchev–Trinajstić information content (AvgIpc) is 2.77. The van der Waals surface area contributed by atoms with E-state index in [9.17, 15) is 4.79 Å². The Morgan fingerprint density at radius 3 is 2.65 bits per heavy atom.